The van der Waals surface area contributed by atoms with E-state index in [0.29, 0.717) is 0 Å². The zero-order chi connectivity index (χ0) is 12.4. The van der Waals surface area contributed by atoms with Crippen molar-refractivity contribution in [3.8, 4) is 0 Å². The average Bonchev–Trinajstić information content (AvgIpc) is 2.88. The summed E-state index contributed by atoms with van der Waals surface area (Å²) in [6.45, 7) is 4.74. The lowest BCUT2D eigenvalue weighted by molar-refractivity contribution is 0.529. The summed E-state index contributed by atoms with van der Waals surface area (Å²) in [5.74, 6) is 0.959. The van der Waals surface area contributed by atoms with Crippen LogP contribution in [0.1, 0.15) is 29.2 Å². The maximum atomic E-state index is 5.82. The summed E-state index contributed by atoms with van der Waals surface area (Å²) in [4.78, 5) is 7.59. The summed E-state index contributed by atoms with van der Waals surface area (Å²) in [7, 11) is 2.02. The topological polar surface area (TPSA) is 55.3 Å². The Labute approximate surface area is 105 Å². The van der Waals surface area contributed by atoms with Crippen molar-refractivity contribution in [3.05, 3.63) is 34.7 Å². The molecule has 0 radical (unpaired) electrons. The van der Waals surface area contributed by atoms with E-state index in [2.05, 4.69) is 9.88 Å². The number of hydrogen-bond donors (Lipinski definition) is 1. The van der Waals surface area contributed by atoms with Gasteiger partial charge in [-0.2, -0.15) is 0 Å². The minimum Gasteiger partial charge on any atom is -0.469 e. The van der Waals surface area contributed by atoms with E-state index < -0.39 is 0 Å². The van der Waals surface area contributed by atoms with Gasteiger partial charge in [-0.15, -0.1) is 11.3 Å². The molecule has 0 saturated carbocycles. The molecule has 2 aromatic heterocycles. The summed E-state index contributed by atoms with van der Waals surface area (Å²) in [5.41, 5.74) is 7.01. The smallest absolute Gasteiger partial charge is 0.185 e. The number of anilines is 1. The molecule has 2 N–H and O–H groups in total. The third-order valence-corrected chi connectivity index (χ3v) is 3.97. The lowest BCUT2D eigenvalue weighted by atomic mass is 10.2. The number of rotatable bonds is 4. The molecular weight excluding hydrogens is 234 g/mol. The first-order valence-corrected chi connectivity index (χ1v) is 6.35. The fourth-order valence-corrected chi connectivity index (χ4v) is 2.39. The van der Waals surface area contributed by atoms with E-state index in [1.165, 1.54) is 5.56 Å². The van der Waals surface area contributed by atoms with Crippen molar-refractivity contribution in [2.75, 3.05) is 11.9 Å². The number of hydrogen-bond acceptors (Lipinski definition) is 5. The molecule has 0 bridgehead atoms. The molecule has 0 aliphatic heterocycles. The highest BCUT2D eigenvalue weighted by Gasteiger charge is 2.11. The Hall–Kier alpha value is -1.33. The van der Waals surface area contributed by atoms with Crippen molar-refractivity contribution in [1.82, 2.24) is 4.98 Å². The molecule has 0 aliphatic carbocycles. The standard InChI is InChI=1S/C12H17N3OS/c1-8(13)11-6-14-12(17-11)15(3)7-10-4-5-16-9(10)2/h4-6,8H,7,13H2,1-3H3. The highest BCUT2D eigenvalue weighted by molar-refractivity contribution is 7.15. The Morgan fingerprint density at radius 2 is 2.35 bits per heavy atom. The van der Waals surface area contributed by atoms with Crippen molar-refractivity contribution in [2.45, 2.75) is 26.4 Å². The lowest BCUT2D eigenvalue weighted by Crippen LogP contribution is -2.16. The van der Waals surface area contributed by atoms with E-state index in [4.69, 9.17) is 10.2 Å². The van der Waals surface area contributed by atoms with Crippen molar-refractivity contribution in [3.63, 3.8) is 0 Å². The van der Waals surface area contributed by atoms with E-state index in [1.807, 2.05) is 33.2 Å². The molecule has 92 valence electrons. The summed E-state index contributed by atoms with van der Waals surface area (Å²) in [5, 5.41) is 0.984. The van der Waals surface area contributed by atoms with Gasteiger partial charge >= 0.3 is 0 Å². The van der Waals surface area contributed by atoms with Gasteiger partial charge in [0.1, 0.15) is 5.76 Å². The van der Waals surface area contributed by atoms with Crippen LogP contribution in [0.4, 0.5) is 5.13 Å². The number of furan rings is 1. The van der Waals surface area contributed by atoms with Gasteiger partial charge in [0.15, 0.2) is 5.13 Å². The normalized spacial score (nSPS) is 12.7. The van der Waals surface area contributed by atoms with Gasteiger partial charge in [-0.25, -0.2) is 4.98 Å². The zero-order valence-corrected chi connectivity index (χ0v) is 11.1. The minimum absolute atomic E-state index is 0.0466. The first-order valence-electron chi connectivity index (χ1n) is 5.53. The highest BCUT2D eigenvalue weighted by atomic mass is 32.1. The van der Waals surface area contributed by atoms with Gasteiger partial charge in [-0.1, -0.05) is 0 Å². The van der Waals surface area contributed by atoms with Gasteiger partial charge in [0.05, 0.1) is 6.26 Å². The molecule has 1 unspecified atom stereocenters. The molecule has 5 heteroatoms. The molecule has 0 amide bonds. The van der Waals surface area contributed by atoms with E-state index in [1.54, 1.807) is 17.6 Å². The molecule has 2 aromatic rings. The Morgan fingerprint density at radius 1 is 1.59 bits per heavy atom. The SMILES string of the molecule is Cc1occc1CN(C)c1ncc(C(C)N)s1. The molecule has 0 aromatic carbocycles. The summed E-state index contributed by atoms with van der Waals surface area (Å²) < 4.78 is 5.28. The van der Waals surface area contributed by atoms with Crippen LogP contribution in [0.25, 0.3) is 0 Å². The van der Waals surface area contributed by atoms with Gasteiger partial charge in [0.2, 0.25) is 0 Å². The number of thiazole rings is 1. The van der Waals surface area contributed by atoms with Crippen LogP contribution in [-0.2, 0) is 6.54 Å². The largest absolute Gasteiger partial charge is 0.469 e. The number of nitrogens with zero attached hydrogens (tertiary/aromatic N) is 2. The van der Waals surface area contributed by atoms with E-state index in [9.17, 15) is 0 Å². The number of aromatic nitrogens is 1. The predicted octanol–water partition coefficient (Wildman–Crippen LogP) is 2.70. The van der Waals surface area contributed by atoms with Crippen LogP contribution in [0.5, 0.6) is 0 Å². The summed E-state index contributed by atoms with van der Waals surface area (Å²) >= 11 is 1.64. The highest BCUT2D eigenvalue weighted by Crippen LogP contribution is 2.26. The van der Waals surface area contributed by atoms with Crippen LogP contribution in [0.15, 0.2) is 22.9 Å². The second-order valence-corrected chi connectivity index (χ2v) is 5.23. The monoisotopic (exact) mass is 251 g/mol. The molecule has 2 heterocycles. The molecule has 0 saturated heterocycles. The van der Waals surface area contributed by atoms with Gasteiger partial charge in [0, 0.05) is 36.3 Å². The minimum atomic E-state index is 0.0466. The quantitative estimate of drug-likeness (QED) is 0.907. The van der Waals surface area contributed by atoms with Crippen molar-refractivity contribution >= 4 is 16.5 Å². The van der Waals surface area contributed by atoms with Crippen LogP contribution in [0.2, 0.25) is 0 Å². The Bertz CT molecular complexity index is 489. The third-order valence-electron chi connectivity index (χ3n) is 2.66. The maximum Gasteiger partial charge on any atom is 0.185 e. The summed E-state index contributed by atoms with van der Waals surface area (Å²) in [6.07, 6.45) is 3.57. The molecule has 0 aliphatic rings. The van der Waals surface area contributed by atoms with Gasteiger partial charge in [0.25, 0.3) is 0 Å². The van der Waals surface area contributed by atoms with Crippen molar-refractivity contribution in [1.29, 1.82) is 0 Å². The predicted molar refractivity (Wildman–Crippen MR) is 70.3 cm³/mol. The molecule has 0 fully saturated rings. The van der Waals surface area contributed by atoms with E-state index >= 15 is 0 Å². The van der Waals surface area contributed by atoms with E-state index in [-0.39, 0.29) is 6.04 Å². The second-order valence-electron chi connectivity index (χ2n) is 4.19. The Morgan fingerprint density at radius 3 is 2.88 bits per heavy atom. The average molecular weight is 251 g/mol. The fraction of sp³-hybridized carbons (Fsp3) is 0.417. The summed E-state index contributed by atoms with van der Waals surface area (Å²) in [6, 6.07) is 2.04. The second kappa shape index (κ2) is 4.89. The van der Waals surface area contributed by atoms with Crippen LogP contribution in [0.3, 0.4) is 0 Å². The van der Waals surface area contributed by atoms with Crippen LogP contribution in [-0.4, -0.2) is 12.0 Å². The Balaban J connectivity index is 2.09. The van der Waals surface area contributed by atoms with Crippen molar-refractivity contribution < 1.29 is 4.42 Å². The zero-order valence-electron chi connectivity index (χ0n) is 10.3. The van der Waals surface area contributed by atoms with Crippen molar-refractivity contribution in [2.24, 2.45) is 5.73 Å². The molecular formula is C12H17N3OS. The molecule has 17 heavy (non-hydrogen) atoms. The lowest BCUT2D eigenvalue weighted by Gasteiger charge is -2.14. The molecule has 1 atom stereocenters. The van der Waals surface area contributed by atoms with Gasteiger partial charge in [-0.3, -0.25) is 0 Å². The molecule has 2 rings (SSSR count). The fourth-order valence-electron chi connectivity index (χ4n) is 1.56. The first kappa shape index (κ1) is 12.1. The number of aryl methyl sites for hydroxylation is 1. The first-order chi connectivity index (χ1) is 8.08. The molecule has 0 spiro atoms. The van der Waals surface area contributed by atoms with Gasteiger partial charge < -0.3 is 15.1 Å². The number of nitrogens with two attached hydrogens (primary N) is 1. The molecule has 4 nitrogen and oxygen atoms in total. The van der Waals surface area contributed by atoms with Crippen LogP contribution >= 0.6 is 11.3 Å². The van der Waals surface area contributed by atoms with Crippen LogP contribution in [0, 0.1) is 6.92 Å². The Kier molecular flexibility index (Phi) is 3.49. The van der Waals surface area contributed by atoms with Crippen LogP contribution < -0.4 is 10.6 Å². The van der Waals surface area contributed by atoms with E-state index in [0.717, 1.165) is 22.3 Å². The third kappa shape index (κ3) is 2.68. The van der Waals surface area contributed by atoms with Gasteiger partial charge in [-0.05, 0) is 19.9 Å². The maximum absolute atomic E-state index is 5.82.